The number of ether oxygens (including phenoxy) is 1. The predicted molar refractivity (Wildman–Crippen MR) is 94.7 cm³/mol. The molecule has 0 aliphatic carbocycles. The summed E-state index contributed by atoms with van der Waals surface area (Å²) < 4.78 is 6.16. The van der Waals surface area contributed by atoms with E-state index in [-0.39, 0.29) is 28.4 Å². The lowest BCUT2D eigenvalue weighted by molar-refractivity contribution is -0.385. The van der Waals surface area contributed by atoms with Crippen molar-refractivity contribution in [1.29, 1.82) is 0 Å². The summed E-state index contributed by atoms with van der Waals surface area (Å²) in [6, 6.07) is 12.7. The summed E-state index contributed by atoms with van der Waals surface area (Å²) in [6.45, 7) is 0. The Morgan fingerprint density at radius 2 is 1.16 bits per heavy atom. The van der Waals surface area contributed by atoms with Gasteiger partial charge < -0.3 is 4.74 Å². The average molecular weight is 407 g/mol. The third-order valence-corrected chi connectivity index (χ3v) is 4.97. The fourth-order valence-corrected chi connectivity index (χ4v) is 3.60. The molecule has 1 aliphatic rings. The molecule has 1 unspecified atom stereocenters. The van der Waals surface area contributed by atoms with Gasteiger partial charge in [-0.1, -0.05) is 15.9 Å². The third-order valence-electron chi connectivity index (χ3n) is 4.22. The van der Waals surface area contributed by atoms with E-state index in [0.29, 0.717) is 0 Å². The molecule has 2 aromatic rings. The Morgan fingerprint density at radius 1 is 0.800 bits per heavy atom. The highest BCUT2D eigenvalue weighted by molar-refractivity contribution is 9.09. The zero-order valence-corrected chi connectivity index (χ0v) is 14.7. The molecule has 1 saturated heterocycles. The number of alkyl halides is 1. The molecule has 0 spiro atoms. The molecule has 0 N–H and O–H groups in total. The van der Waals surface area contributed by atoms with Crippen LogP contribution in [-0.4, -0.2) is 14.7 Å². The van der Waals surface area contributed by atoms with Crippen molar-refractivity contribution in [1.82, 2.24) is 0 Å². The molecule has 1 heterocycles. The lowest BCUT2D eigenvalue weighted by atomic mass is 9.94. The van der Waals surface area contributed by atoms with Crippen molar-refractivity contribution in [3.8, 4) is 0 Å². The first-order valence-electron chi connectivity index (χ1n) is 7.72. The molecule has 3 atom stereocenters. The maximum absolute atomic E-state index is 10.8. The molecule has 0 aromatic heterocycles. The Bertz CT molecular complexity index is 713. The summed E-state index contributed by atoms with van der Waals surface area (Å²) in [5.74, 6) is 0. The van der Waals surface area contributed by atoms with E-state index in [1.807, 2.05) is 0 Å². The van der Waals surface area contributed by atoms with Crippen LogP contribution in [-0.2, 0) is 4.74 Å². The van der Waals surface area contributed by atoms with E-state index in [1.54, 1.807) is 24.3 Å². The zero-order chi connectivity index (χ0) is 18.0. The second kappa shape index (κ2) is 7.28. The number of nitrogens with zero attached hydrogens (tertiary/aromatic N) is 2. The first kappa shape index (κ1) is 17.5. The minimum Gasteiger partial charge on any atom is -0.366 e. The van der Waals surface area contributed by atoms with Gasteiger partial charge in [0.15, 0.2) is 0 Å². The highest BCUT2D eigenvalue weighted by Crippen LogP contribution is 2.41. The average Bonchev–Trinajstić information content (AvgIpc) is 2.61. The highest BCUT2D eigenvalue weighted by Gasteiger charge is 2.30. The van der Waals surface area contributed by atoms with Gasteiger partial charge in [0.1, 0.15) is 0 Å². The van der Waals surface area contributed by atoms with E-state index in [2.05, 4.69) is 15.9 Å². The molecule has 0 saturated carbocycles. The molecule has 7 nitrogen and oxygen atoms in total. The molecule has 130 valence electrons. The van der Waals surface area contributed by atoms with Crippen molar-refractivity contribution in [2.24, 2.45) is 0 Å². The minimum absolute atomic E-state index is 0.0434. The van der Waals surface area contributed by atoms with Gasteiger partial charge in [0.05, 0.1) is 22.1 Å². The molecule has 3 rings (SSSR count). The third kappa shape index (κ3) is 4.02. The van der Waals surface area contributed by atoms with Crippen molar-refractivity contribution < 1.29 is 14.6 Å². The molecule has 25 heavy (non-hydrogen) atoms. The number of hydrogen-bond donors (Lipinski definition) is 0. The number of halogens is 1. The summed E-state index contributed by atoms with van der Waals surface area (Å²) in [5, 5.41) is 21.5. The van der Waals surface area contributed by atoms with Gasteiger partial charge in [0.25, 0.3) is 11.4 Å². The molecule has 8 heteroatoms. The molecule has 1 fully saturated rings. The van der Waals surface area contributed by atoms with Gasteiger partial charge in [-0.05, 0) is 48.2 Å². The van der Waals surface area contributed by atoms with Crippen molar-refractivity contribution >= 4 is 27.3 Å². The van der Waals surface area contributed by atoms with Crippen LogP contribution in [0.5, 0.6) is 0 Å². The van der Waals surface area contributed by atoms with Gasteiger partial charge >= 0.3 is 0 Å². The standard InChI is InChI=1S/C17H15BrN2O5/c18-13-9-16(11-1-5-14(6-2-11)19(21)22)25-17(10-13)12-3-7-15(8-4-12)20(23)24/h1-8,13,16-17H,9-10H2/t13?,16-,17+. The monoisotopic (exact) mass is 406 g/mol. The van der Waals surface area contributed by atoms with Gasteiger partial charge in [0.2, 0.25) is 0 Å². The van der Waals surface area contributed by atoms with E-state index >= 15 is 0 Å². The van der Waals surface area contributed by atoms with Crippen molar-refractivity contribution in [3.05, 3.63) is 79.9 Å². The number of benzene rings is 2. The van der Waals surface area contributed by atoms with Crippen LogP contribution < -0.4 is 0 Å². The molecule has 2 aromatic carbocycles. The topological polar surface area (TPSA) is 95.5 Å². The van der Waals surface area contributed by atoms with E-state index < -0.39 is 9.85 Å². The smallest absolute Gasteiger partial charge is 0.269 e. The number of hydrogen-bond acceptors (Lipinski definition) is 5. The van der Waals surface area contributed by atoms with Gasteiger partial charge in [0, 0.05) is 29.1 Å². The van der Waals surface area contributed by atoms with Gasteiger partial charge in [-0.15, -0.1) is 0 Å². The normalized spacial score (nSPS) is 23.2. The Morgan fingerprint density at radius 3 is 1.48 bits per heavy atom. The Kier molecular flexibility index (Phi) is 5.10. The SMILES string of the molecule is O=[N+]([O-])c1ccc([C@@H]2CC(Br)C[C@H](c3ccc([N+](=O)[O-])cc3)O2)cc1. The van der Waals surface area contributed by atoms with Crippen LogP contribution in [0.2, 0.25) is 0 Å². The van der Waals surface area contributed by atoms with Crippen molar-refractivity contribution in [2.45, 2.75) is 29.9 Å². The van der Waals surface area contributed by atoms with E-state index in [1.165, 1.54) is 24.3 Å². The molecule has 0 radical (unpaired) electrons. The first-order valence-corrected chi connectivity index (χ1v) is 8.64. The molecular weight excluding hydrogens is 392 g/mol. The molecular formula is C17H15BrN2O5. The van der Waals surface area contributed by atoms with Crippen LogP contribution in [0, 0.1) is 20.2 Å². The van der Waals surface area contributed by atoms with E-state index in [4.69, 9.17) is 4.74 Å². The fraction of sp³-hybridized carbons (Fsp3) is 0.294. The number of rotatable bonds is 4. The quantitative estimate of drug-likeness (QED) is 0.410. The van der Waals surface area contributed by atoms with Crippen molar-refractivity contribution in [2.75, 3.05) is 0 Å². The second-order valence-electron chi connectivity index (χ2n) is 5.88. The van der Waals surface area contributed by atoms with Crippen LogP contribution in [0.3, 0.4) is 0 Å². The maximum Gasteiger partial charge on any atom is 0.269 e. The van der Waals surface area contributed by atoms with Gasteiger partial charge in [-0.3, -0.25) is 20.2 Å². The summed E-state index contributed by atoms with van der Waals surface area (Å²) in [4.78, 5) is 20.9. The summed E-state index contributed by atoms with van der Waals surface area (Å²) in [7, 11) is 0. The number of nitro benzene ring substituents is 2. The maximum atomic E-state index is 10.8. The summed E-state index contributed by atoms with van der Waals surface area (Å²) >= 11 is 3.64. The largest absolute Gasteiger partial charge is 0.366 e. The van der Waals surface area contributed by atoms with Crippen LogP contribution in [0.4, 0.5) is 11.4 Å². The summed E-state index contributed by atoms with van der Waals surface area (Å²) in [6.07, 6.45) is 1.11. The number of non-ortho nitro benzene ring substituents is 2. The van der Waals surface area contributed by atoms with E-state index in [0.717, 1.165) is 24.0 Å². The van der Waals surface area contributed by atoms with Crippen LogP contribution in [0.25, 0.3) is 0 Å². The van der Waals surface area contributed by atoms with Gasteiger partial charge in [-0.2, -0.15) is 0 Å². The Labute approximate surface area is 152 Å². The second-order valence-corrected chi connectivity index (χ2v) is 7.17. The Hall–Kier alpha value is -2.32. The number of nitro groups is 2. The van der Waals surface area contributed by atoms with Crippen LogP contribution >= 0.6 is 15.9 Å². The Balaban J connectivity index is 1.79. The zero-order valence-electron chi connectivity index (χ0n) is 13.1. The highest BCUT2D eigenvalue weighted by atomic mass is 79.9. The predicted octanol–water partition coefficient (Wildman–Crippen LogP) is 4.86. The van der Waals surface area contributed by atoms with Crippen molar-refractivity contribution in [3.63, 3.8) is 0 Å². The molecule has 0 bridgehead atoms. The fourth-order valence-electron chi connectivity index (χ4n) is 2.92. The molecule has 1 aliphatic heterocycles. The van der Waals surface area contributed by atoms with E-state index in [9.17, 15) is 20.2 Å². The first-order chi connectivity index (χ1) is 11.9. The summed E-state index contributed by atoms with van der Waals surface area (Å²) in [5.41, 5.74) is 1.84. The van der Waals surface area contributed by atoms with Crippen LogP contribution in [0.1, 0.15) is 36.2 Å². The molecule has 0 amide bonds. The minimum atomic E-state index is -0.432. The van der Waals surface area contributed by atoms with Gasteiger partial charge in [-0.25, -0.2) is 0 Å². The lowest BCUT2D eigenvalue weighted by Gasteiger charge is -2.33. The lowest BCUT2D eigenvalue weighted by Crippen LogP contribution is -2.23. The van der Waals surface area contributed by atoms with Crippen LogP contribution in [0.15, 0.2) is 48.5 Å².